The first-order valence-electron chi connectivity index (χ1n) is 12.4. The summed E-state index contributed by atoms with van der Waals surface area (Å²) < 4.78 is 13.6. The third-order valence-electron chi connectivity index (χ3n) is 5.68. The van der Waals surface area contributed by atoms with Crippen LogP contribution in [0.1, 0.15) is 51.1 Å². The van der Waals surface area contributed by atoms with Crippen LogP contribution in [-0.4, -0.2) is 33.0 Å². The molecular formula is C29H32N4O3S. The zero-order valence-corrected chi connectivity index (χ0v) is 22.4. The monoisotopic (exact) mass is 516 g/mol. The van der Waals surface area contributed by atoms with Gasteiger partial charge >= 0.3 is 0 Å². The number of anilines is 1. The second-order valence-electron chi connectivity index (χ2n) is 8.79. The minimum atomic E-state index is -0.357. The van der Waals surface area contributed by atoms with Crippen LogP contribution in [-0.2, 0) is 4.79 Å². The van der Waals surface area contributed by atoms with E-state index in [-0.39, 0.29) is 17.8 Å². The van der Waals surface area contributed by atoms with Crippen LogP contribution in [0.25, 0.3) is 5.69 Å². The highest BCUT2D eigenvalue weighted by Crippen LogP contribution is 2.29. The van der Waals surface area contributed by atoms with Gasteiger partial charge in [0.2, 0.25) is 5.91 Å². The lowest BCUT2D eigenvalue weighted by atomic mass is 10.0. The molecule has 0 saturated heterocycles. The Morgan fingerprint density at radius 2 is 1.59 bits per heavy atom. The van der Waals surface area contributed by atoms with Crippen LogP contribution < -0.4 is 14.8 Å². The van der Waals surface area contributed by atoms with Crippen LogP contribution >= 0.6 is 11.8 Å². The van der Waals surface area contributed by atoms with Crippen molar-refractivity contribution in [3.8, 4) is 17.2 Å². The zero-order valence-electron chi connectivity index (χ0n) is 21.5. The van der Waals surface area contributed by atoms with E-state index in [1.807, 2.05) is 85.1 Å². The van der Waals surface area contributed by atoms with E-state index in [9.17, 15) is 4.79 Å². The van der Waals surface area contributed by atoms with E-state index in [1.165, 1.54) is 17.3 Å². The van der Waals surface area contributed by atoms with Crippen molar-refractivity contribution in [3.05, 3.63) is 90.3 Å². The molecule has 1 heterocycles. The largest absolute Gasteiger partial charge is 0.494 e. The van der Waals surface area contributed by atoms with Gasteiger partial charge < -0.3 is 14.8 Å². The van der Waals surface area contributed by atoms with Gasteiger partial charge in [0.05, 0.1) is 12.4 Å². The number of ether oxygens (including phenoxy) is 2. The van der Waals surface area contributed by atoms with E-state index in [2.05, 4.69) is 41.5 Å². The topological polar surface area (TPSA) is 78.3 Å². The Kier molecular flexibility index (Phi) is 8.85. The molecule has 1 aromatic heterocycles. The van der Waals surface area contributed by atoms with Crippen molar-refractivity contribution in [2.24, 2.45) is 0 Å². The zero-order chi connectivity index (χ0) is 26.2. The molecule has 1 atom stereocenters. The Bertz CT molecular complexity index is 1290. The van der Waals surface area contributed by atoms with Crippen molar-refractivity contribution < 1.29 is 14.3 Å². The Hall–Kier alpha value is -3.78. The van der Waals surface area contributed by atoms with Crippen molar-refractivity contribution in [2.45, 2.75) is 44.9 Å². The number of thioether (sulfide) groups is 1. The lowest BCUT2D eigenvalue weighted by Crippen LogP contribution is -2.15. The number of amides is 1. The molecule has 3 aromatic carbocycles. The number of para-hydroxylation sites is 1. The molecule has 0 bridgehead atoms. The molecule has 0 saturated carbocycles. The van der Waals surface area contributed by atoms with E-state index in [0.29, 0.717) is 29.2 Å². The van der Waals surface area contributed by atoms with E-state index in [0.717, 1.165) is 17.2 Å². The van der Waals surface area contributed by atoms with Crippen LogP contribution in [0.4, 0.5) is 5.69 Å². The normalized spacial score (nSPS) is 11.8. The van der Waals surface area contributed by atoms with Crippen molar-refractivity contribution in [2.75, 3.05) is 17.7 Å². The summed E-state index contributed by atoms with van der Waals surface area (Å²) in [6, 6.07) is 25.3. The van der Waals surface area contributed by atoms with E-state index >= 15 is 0 Å². The molecule has 37 heavy (non-hydrogen) atoms. The maximum Gasteiger partial charge on any atom is 0.234 e. The van der Waals surface area contributed by atoms with Crippen LogP contribution in [0.15, 0.2) is 84.0 Å². The van der Waals surface area contributed by atoms with Gasteiger partial charge in [0.15, 0.2) is 17.1 Å². The van der Waals surface area contributed by atoms with Crippen LogP contribution in [0.2, 0.25) is 0 Å². The highest BCUT2D eigenvalue weighted by molar-refractivity contribution is 7.99. The van der Waals surface area contributed by atoms with Gasteiger partial charge in [-0.3, -0.25) is 9.36 Å². The number of benzene rings is 3. The SMILES string of the molecule is CCOc1ccc(NC(=O)CSc2nnc(C(C)Oc3ccc(C(C)C)cc3)n2-c2ccccc2)cc1. The van der Waals surface area contributed by atoms with Gasteiger partial charge in [-0.1, -0.05) is 55.9 Å². The molecular weight excluding hydrogens is 484 g/mol. The molecule has 1 N–H and O–H groups in total. The molecule has 7 nitrogen and oxygen atoms in total. The fourth-order valence-electron chi connectivity index (χ4n) is 3.77. The van der Waals surface area contributed by atoms with Crippen LogP contribution in [0.3, 0.4) is 0 Å². The van der Waals surface area contributed by atoms with Gasteiger partial charge in [-0.15, -0.1) is 10.2 Å². The number of rotatable bonds is 11. The predicted octanol–water partition coefficient (Wildman–Crippen LogP) is 6.66. The quantitative estimate of drug-likeness (QED) is 0.225. The summed E-state index contributed by atoms with van der Waals surface area (Å²) in [7, 11) is 0. The minimum Gasteiger partial charge on any atom is -0.494 e. The van der Waals surface area contributed by atoms with Crippen molar-refractivity contribution in [1.82, 2.24) is 14.8 Å². The van der Waals surface area contributed by atoms with Crippen molar-refractivity contribution in [1.29, 1.82) is 0 Å². The number of aromatic nitrogens is 3. The molecule has 1 unspecified atom stereocenters. The molecule has 0 fully saturated rings. The van der Waals surface area contributed by atoms with E-state index in [4.69, 9.17) is 9.47 Å². The third kappa shape index (κ3) is 6.92. The maximum atomic E-state index is 12.7. The summed E-state index contributed by atoms with van der Waals surface area (Å²) in [5, 5.41) is 12.4. The number of nitrogens with one attached hydrogen (secondary N) is 1. The third-order valence-corrected chi connectivity index (χ3v) is 6.61. The fourth-order valence-corrected chi connectivity index (χ4v) is 4.53. The Morgan fingerprint density at radius 1 is 0.919 bits per heavy atom. The second kappa shape index (κ2) is 12.5. The highest BCUT2D eigenvalue weighted by atomic mass is 32.2. The lowest BCUT2D eigenvalue weighted by Gasteiger charge is -2.17. The Labute approximate surface area is 222 Å². The first-order chi connectivity index (χ1) is 17.9. The summed E-state index contributed by atoms with van der Waals surface area (Å²) in [5.41, 5.74) is 2.88. The molecule has 0 spiro atoms. The average molecular weight is 517 g/mol. The van der Waals surface area contributed by atoms with E-state index in [1.54, 1.807) is 0 Å². The lowest BCUT2D eigenvalue weighted by molar-refractivity contribution is -0.113. The Morgan fingerprint density at radius 3 is 2.24 bits per heavy atom. The average Bonchev–Trinajstić information content (AvgIpc) is 3.34. The van der Waals surface area contributed by atoms with Gasteiger partial charge in [-0.05, 0) is 73.9 Å². The van der Waals surface area contributed by atoms with Gasteiger partial charge in [0, 0.05) is 11.4 Å². The molecule has 192 valence electrons. The maximum absolute atomic E-state index is 12.7. The van der Waals surface area contributed by atoms with Gasteiger partial charge in [-0.2, -0.15) is 0 Å². The minimum absolute atomic E-state index is 0.132. The first-order valence-corrected chi connectivity index (χ1v) is 13.4. The van der Waals surface area contributed by atoms with Gasteiger partial charge in [-0.25, -0.2) is 0 Å². The van der Waals surface area contributed by atoms with Crippen LogP contribution in [0, 0.1) is 0 Å². The second-order valence-corrected chi connectivity index (χ2v) is 9.73. The predicted molar refractivity (Wildman–Crippen MR) is 148 cm³/mol. The number of carbonyl (C=O) groups excluding carboxylic acids is 1. The summed E-state index contributed by atoms with van der Waals surface area (Å²) in [6.45, 7) is 8.81. The van der Waals surface area contributed by atoms with Crippen molar-refractivity contribution in [3.63, 3.8) is 0 Å². The number of carbonyl (C=O) groups is 1. The molecule has 4 rings (SSSR count). The number of hydrogen-bond acceptors (Lipinski definition) is 6. The standard InChI is InChI=1S/C29H32N4O3S/c1-5-35-25-17-13-23(14-18-25)30-27(34)19-37-29-32-31-28(33(29)24-9-7-6-8-10-24)21(4)36-26-15-11-22(12-16-26)20(2)3/h6-18,20-21H,5,19H2,1-4H3,(H,30,34). The summed E-state index contributed by atoms with van der Waals surface area (Å²) in [5.74, 6) is 2.71. The molecule has 0 radical (unpaired) electrons. The highest BCUT2D eigenvalue weighted by Gasteiger charge is 2.22. The van der Waals surface area contributed by atoms with Gasteiger partial charge in [0.25, 0.3) is 0 Å². The fraction of sp³-hybridized carbons (Fsp3) is 0.276. The molecule has 0 aliphatic carbocycles. The number of hydrogen-bond donors (Lipinski definition) is 1. The van der Waals surface area contributed by atoms with Crippen molar-refractivity contribution >= 4 is 23.4 Å². The summed E-state index contributed by atoms with van der Waals surface area (Å²) >= 11 is 1.33. The smallest absolute Gasteiger partial charge is 0.234 e. The molecule has 0 aliphatic heterocycles. The number of nitrogens with zero attached hydrogens (tertiary/aromatic N) is 3. The van der Waals surface area contributed by atoms with E-state index < -0.39 is 0 Å². The first kappa shape index (κ1) is 26.3. The summed E-state index contributed by atoms with van der Waals surface area (Å²) in [4.78, 5) is 12.7. The molecule has 4 aromatic rings. The summed E-state index contributed by atoms with van der Waals surface area (Å²) in [6.07, 6.45) is -0.357. The molecule has 8 heteroatoms. The Balaban J connectivity index is 1.48. The van der Waals surface area contributed by atoms with Gasteiger partial charge in [0.1, 0.15) is 11.5 Å². The molecule has 1 amide bonds. The molecule has 0 aliphatic rings. The van der Waals surface area contributed by atoms with Crippen LogP contribution in [0.5, 0.6) is 11.5 Å².